The lowest BCUT2D eigenvalue weighted by molar-refractivity contribution is 0.241. The van der Waals surface area contributed by atoms with Gasteiger partial charge in [0.1, 0.15) is 0 Å². The van der Waals surface area contributed by atoms with Gasteiger partial charge in [0.2, 0.25) is 0 Å². The first kappa shape index (κ1) is 13.2. The summed E-state index contributed by atoms with van der Waals surface area (Å²) in [7, 11) is 0. The molecule has 1 aliphatic rings. The van der Waals surface area contributed by atoms with Crippen molar-refractivity contribution >= 4 is 0 Å². The second-order valence-corrected chi connectivity index (χ2v) is 5.37. The largest absolute Gasteiger partial charge is 0.396 e. The zero-order chi connectivity index (χ0) is 12.0. The molecule has 0 amide bonds. The predicted octanol–water partition coefficient (Wildman–Crippen LogP) is 1.84. The van der Waals surface area contributed by atoms with E-state index in [1.165, 1.54) is 0 Å². The maximum absolute atomic E-state index is 9.01. The van der Waals surface area contributed by atoms with E-state index in [9.17, 15) is 0 Å². The Balaban J connectivity index is 2.25. The van der Waals surface area contributed by atoms with Crippen LogP contribution in [0.4, 0.5) is 0 Å². The molecule has 0 aromatic carbocycles. The van der Waals surface area contributed by atoms with Gasteiger partial charge >= 0.3 is 0 Å². The average Bonchev–Trinajstić information content (AvgIpc) is 2.72. The first-order valence-electron chi connectivity index (χ1n) is 5.97. The van der Waals surface area contributed by atoms with Crippen molar-refractivity contribution in [2.75, 3.05) is 13.2 Å². The predicted molar refractivity (Wildman–Crippen MR) is 64.8 cm³/mol. The third-order valence-electron chi connectivity index (χ3n) is 3.16. The van der Waals surface area contributed by atoms with E-state index >= 15 is 0 Å². The molecular weight excluding hydrogens is 200 g/mol. The van der Waals surface area contributed by atoms with E-state index in [4.69, 9.17) is 10.4 Å². The Bertz CT molecular complexity index is 278. The van der Waals surface area contributed by atoms with Gasteiger partial charge in [-0.3, -0.25) is 0 Å². The standard InChI is InChI=1S/C13H22N2O/c1-13(2,6-3-7-14)10-15-12-5-4-11(8-12)9-16/h4-5,11-12,15-16H,3,6,8-10H2,1-2H3/t11-,12+/m0/s1. The van der Waals surface area contributed by atoms with E-state index in [2.05, 4.69) is 37.4 Å². The smallest absolute Gasteiger partial charge is 0.0621 e. The van der Waals surface area contributed by atoms with Gasteiger partial charge in [0.05, 0.1) is 6.07 Å². The van der Waals surface area contributed by atoms with E-state index in [1.807, 2.05) is 0 Å². The molecule has 0 radical (unpaired) electrons. The van der Waals surface area contributed by atoms with Crippen molar-refractivity contribution < 1.29 is 5.11 Å². The van der Waals surface area contributed by atoms with Crippen LogP contribution in [0.2, 0.25) is 0 Å². The maximum atomic E-state index is 9.01. The molecule has 1 rings (SSSR count). The summed E-state index contributed by atoms with van der Waals surface area (Å²) < 4.78 is 0. The molecule has 90 valence electrons. The Morgan fingerprint density at radius 3 is 2.81 bits per heavy atom. The second kappa shape index (κ2) is 6.03. The van der Waals surface area contributed by atoms with Crippen LogP contribution >= 0.6 is 0 Å². The van der Waals surface area contributed by atoms with Crippen molar-refractivity contribution in [3.8, 4) is 6.07 Å². The van der Waals surface area contributed by atoms with Gasteiger partial charge in [0.15, 0.2) is 0 Å². The van der Waals surface area contributed by atoms with Gasteiger partial charge in [0, 0.05) is 31.5 Å². The lowest BCUT2D eigenvalue weighted by atomic mass is 9.87. The number of nitriles is 1. The second-order valence-electron chi connectivity index (χ2n) is 5.37. The molecule has 0 aromatic rings. The van der Waals surface area contributed by atoms with Crippen LogP contribution < -0.4 is 5.32 Å². The van der Waals surface area contributed by atoms with Crippen LogP contribution in [0, 0.1) is 22.7 Å². The lowest BCUT2D eigenvalue weighted by Gasteiger charge is -2.26. The van der Waals surface area contributed by atoms with Gasteiger partial charge in [-0.2, -0.15) is 5.26 Å². The van der Waals surface area contributed by atoms with Gasteiger partial charge in [-0.25, -0.2) is 0 Å². The molecule has 2 N–H and O–H groups in total. The Labute approximate surface area is 98.2 Å². The number of hydrogen-bond donors (Lipinski definition) is 2. The number of hydrogen-bond acceptors (Lipinski definition) is 3. The van der Waals surface area contributed by atoms with Crippen LogP contribution in [0.1, 0.15) is 33.1 Å². The van der Waals surface area contributed by atoms with Crippen LogP contribution in [-0.2, 0) is 0 Å². The lowest BCUT2D eigenvalue weighted by Crippen LogP contribution is -2.35. The van der Waals surface area contributed by atoms with Crippen LogP contribution in [0.15, 0.2) is 12.2 Å². The molecule has 2 atom stereocenters. The fourth-order valence-electron chi connectivity index (χ4n) is 1.95. The first-order chi connectivity index (χ1) is 7.57. The SMILES string of the molecule is CC(C)(CCC#N)CN[C@@H]1C=C[C@H](CO)C1. The van der Waals surface area contributed by atoms with Gasteiger partial charge in [-0.1, -0.05) is 26.0 Å². The highest BCUT2D eigenvalue weighted by molar-refractivity contribution is 5.06. The zero-order valence-corrected chi connectivity index (χ0v) is 10.2. The van der Waals surface area contributed by atoms with Crippen LogP contribution in [0.5, 0.6) is 0 Å². The molecule has 0 heterocycles. The normalized spacial score (nSPS) is 24.6. The molecule has 0 aliphatic heterocycles. The number of aliphatic hydroxyl groups excluding tert-OH is 1. The zero-order valence-electron chi connectivity index (χ0n) is 10.2. The molecule has 0 unspecified atom stereocenters. The number of rotatable bonds is 6. The van der Waals surface area contributed by atoms with Crippen molar-refractivity contribution in [2.24, 2.45) is 11.3 Å². The highest BCUT2D eigenvalue weighted by Crippen LogP contribution is 2.23. The van der Waals surface area contributed by atoms with Crippen molar-refractivity contribution in [3.05, 3.63) is 12.2 Å². The minimum atomic E-state index is 0.168. The van der Waals surface area contributed by atoms with Crippen LogP contribution in [0.3, 0.4) is 0 Å². The highest BCUT2D eigenvalue weighted by atomic mass is 16.3. The minimum absolute atomic E-state index is 0.168. The molecule has 0 fully saturated rings. The van der Waals surface area contributed by atoms with Crippen molar-refractivity contribution in [3.63, 3.8) is 0 Å². The van der Waals surface area contributed by atoms with E-state index in [0.717, 1.165) is 19.4 Å². The van der Waals surface area contributed by atoms with Crippen molar-refractivity contribution in [1.82, 2.24) is 5.32 Å². The van der Waals surface area contributed by atoms with E-state index in [1.54, 1.807) is 0 Å². The first-order valence-corrected chi connectivity index (χ1v) is 5.97. The molecule has 1 aliphatic carbocycles. The monoisotopic (exact) mass is 222 g/mol. The Morgan fingerprint density at radius 1 is 1.50 bits per heavy atom. The summed E-state index contributed by atoms with van der Waals surface area (Å²) in [6, 6.07) is 2.58. The number of nitrogens with one attached hydrogen (secondary N) is 1. The summed E-state index contributed by atoms with van der Waals surface area (Å²) in [5.74, 6) is 0.319. The summed E-state index contributed by atoms with van der Waals surface area (Å²) in [5, 5.41) is 21.1. The summed E-state index contributed by atoms with van der Waals surface area (Å²) >= 11 is 0. The molecule has 0 spiro atoms. The third kappa shape index (κ3) is 4.34. The minimum Gasteiger partial charge on any atom is -0.396 e. The van der Waals surface area contributed by atoms with Crippen LogP contribution in [0.25, 0.3) is 0 Å². The van der Waals surface area contributed by atoms with Crippen molar-refractivity contribution in [1.29, 1.82) is 5.26 Å². The number of nitrogens with zero attached hydrogens (tertiary/aromatic N) is 1. The fourth-order valence-corrected chi connectivity index (χ4v) is 1.95. The average molecular weight is 222 g/mol. The quantitative estimate of drug-likeness (QED) is 0.674. The molecule has 16 heavy (non-hydrogen) atoms. The highest BCUT2D eigenvalue weighted by Gasteiger charge is 2.22. The molecular formula is C13H22N2O. The molecule has 0 aromatic heterocycles. The van der Waals surface area contributed by atoms with Gasteiger partial charge in [-0.15, -0.1) is 0 Å². The molecule has 3 nitrogen and oxygen atoms in total. The molecule has 0 saturated carbocycles. The van der Waals surface area contributed by atoms with Gasteiger partial charge in [-0.05, 0) is 18.3 Å². The van der Waals surface area contributed by atoms with Crippen LogP contribution in [-0.4, -0.2) is 24.3 Å². The Morgan fingerprint density at radius 2 is 2.25 bits per heavy atom. The van der Waals surface area contributed by atoms with Crippen molar-refractivity contribution in [2.45, 2.75) is 39.2 Å². The van der Waals surface area contributed by atoms with Gasteiger partial charge in [0.25, 0.3) is 0 Å². The number of aliphatic hydroxyl groups is 1. The summed E-state index contributed by atoms with van der Waals surface area (Å²) in [4.78, 5) is 0. The molecule has 0 bridgehead atoms. The Hall–Kier alpha value is -0.850. The van der Waals surface area contributed by atoms with E-state index in [0.29, 0.717) is 18.4 Å². The summed E-state index contributed by atoms with van der Waals surface area (Å²) in [6.45, 7) is 5.52. The topological polar surface area (TPSA) is 56.0 Å². The summed E-state index contributed by atoms with van der Waals surface area (Å²) in [6.07, 6.45) is 6.76. The fraction of sp³-hybridized carbons (Fsp3) is 0.769. The molecule has 3 heteroatoms. The van der Waals surface area contributed by atoms with E-state index in [-0.39, 0.29) is 12.0 Å². The Kier molecular flexibility index (Phi) is 4.98. The maximum Gasteiger partial charge on any atom is 0.0621 e. The molecule has 0 saturated heterocycles. The van der Waals surface area contributed by atoms with E-state index < -0.39 is 0 Å². The summed E-state index contributed by atoms with van der Waals surface area (Å²) in [5.41, 5.74) is 0.168. The van der Waals surface area contributed by atoms with Gasteiger partial charge < -0.3 is 10.4 Å². The third-order valence-corrected chi connectivity index (χ3v) is 3.16.